The van der Waals surface area contributed by atoms with Gasteiger partial charge in [0.25, 0.3) is 5.91 Å². The lowest BCUT2D eigenvalue weighted by Gasteiger charge is -2.29. The van der Waals surface area contributed by atoms with Crippen LogP contribution in [0.4, 0.5) is 5.69 Å². The summed E-state index contributed by atoms with van der Waals surface area (Å²) in [5.74, 6) is 0.266. The number of anilines is 1. The SMILES string of the molecule is COCCn1c(=NC(=O)CSCC(=O)N2CCCc3ccccc32)sc2ccccc21. The fourth-order valence-corrected chi connectivity index (χ4v) is 5.49. The van der Waals surface area contributed by atoms with Crippen molar-refractivity contribution in [1.82, 2.24) is 4.57 Å². The molecule has 1 aromatic heterocycles. The number of methoxy groups -OCH3 is 1. The van der Waals surface area contributed by atoms with Crippen molar-refractivity contribution >= 4 is 50.8 Å². The van der Waals surface area contributed by atoms with Crippen molar-refractivity contribution in [2.24, 2.45) is 4.99 Å². The minimum Gasteiger partial charge on any atom is -0.383 e. The van der Waals surface area contributed by atoms with Gasteiger partial charge in [0.15, 0.2) is 4.80 Å². The van der Waals surface area contributed by atoms with Gasteiger partial charge in [0, 0.05) is 25.9 Å². The Balaban J connectivity index is 1.41. The number of rotatable bonds is 7. The Bertz CT molecular complexity index is 1150. The van der Waals surface area contributed by atoms with Crippen molar-refractivity contribution < 1.29 is 14.3 Å². The van der Waals surface area contributed by atoms with Gasteiger partial charge in [0.1, 0.15) is 0 Å². The topological polar surface area (TPSA) is 63.9 Å². The molecule has 8 heteroatoms. The lowest BCUT2D eigenvalue weighted by molar-refractivity contribution is -0.116. The van der Waals surface area contributed by atoms with E-state index in [0.717, 1.165) is 35.3 Å². The number of nitrogens with zero attached hydrogens (tertiary/aromatic N) is 3. The smallest absolute Gasteiger partial charge is 0.258 e. The van der Waals surface area contributed by atoms with E-state index < -0.39 is 0 Å². The molecule has 1 aliphatic rings. The van der Waals surface area contributed by atoms with E-state index in [9.17, 15) is 9.59 Å². The van der Waals surface area contributed by atoms with E-state index in [2.05, 4.69) is 11.1 Å². The first-order chi connectivity index (χ1) is 15.2. The summed E-state index contributed by atoms with van der Waals surface area (Å²) in [5, 5.41) is 0. The second-order valence-electron chi connectivity index (χ2n) is 7.27. The maximum Gasteiger partial charge on any atom is 0.258 e. The fraction of sp³-hybridized carbons (Fsp3) is 0.348. The van der Waals surface area contributed by atoms with Crippen molar-refractivity contribution in [2.75, 3.05) is 36.7 Å². The number of hydrogen-bond donors (Lipinski definition) is 0. The first-order valence-electron chi connectivity index (χ1n) is 10.3. The number of fused-ring (bicyclic) bond motifs is 2. The van der Waals surface area contributed by atoms with Gasteiger partial charge in [-0.15, -0.1) is 11.8 Å². The summed E-state index contributed by atoms with van der Waals surface area (Å²) in [4.78, 5) is 32.1. The number of ether oxygens (including phenoxy) is 1. The van der Waals surface area contributed by atoms with Crippen LogP contribution in [0.1, 0.15) is 12.0 Å². The number of thioether (sulfide) groups is 1. The summed E-state index contributed by atoms with van der Waals surface area (Å²) in [7, 11) is 1.66. The molecule has 0 atom stereocenters. The number of carbonyl (C=O) groups is 2. The Morgan fingerprint density at radius 3 is 2.81 bits per heavy atom. The molecule has 4 rings (SSSR count). The van der Waals surface area contributed by atoms with Crippen LogP contribution in [0.5, 0.6) is 0 Å². The van der Waals surface area contributed by atoms with Crippen LogP contribution in [-0.4, -0.2) is 48.1 Å². The van der Waals surface area contributed by atoms with Gasteiger partial charge in [-0.25, -0.2) is 0 Å². The van der Waals surface area contributed by atoms with Gasteiger partial charge < -0.3 is 14.2 Å². The average Bonchev–Trinajstić information content (AvgIpc) is 3.13. The molecule has 0 radical (unpaired) electrons. The number of amides is 2. The van der Waals surface area contributed by atoms with Gasteiger partial charge in [-0.05, 0) is 36.6 Å². The number of aryl methyl sites for hydroxylation is 1. The fourth-order valence-electron chi connectivity index (χ4n) is 3.74. The standard InChI is InChI=1S/C23H25N3O3S2/c1-29-14-13-26-19-10-4-5-11-20(19)31-23(26)24-21(27)15-30-16-22(28)25-12-6-8-17-7-2-3-9-18(17)25/h2-5,7,9-11H,6,8,12-16H2,1H3. The quantitative estimate of drug-likeness (QED) is 0.547. The molecule has 2 heterocycles. The molecule has 0 saturated heterocycles. The Labute approximate surface area is 189 Å². The summed E-state index contributed by atoms with van der Waals surface area (Å²) in [6.45, 7) is 1.91. The largest absolute Gasteiger partial charge is 0.383 e. The van der Waals surface area contributed by atoms with E-state index in [4.69, 9.17) is 4.74 Å². The number of carbonyl (C=O) groups excluding carboxylic acids is 2. The number of aromatic nitrogens is 1. The van der Waals surface area contributed by atoms with Crippen molar-refractivity contribution in [3.63, 3.8) is 0 Å². The van der Waals surface area contributed by atoms with Gasteiger partial charge in [-0.2, -0.15) is 4.99 Å². The zero-order chi connectivity index (χ0) is 21.6. The third-order valence-electron chi connectivity index (χ3n) is 5.19. The summed E-state index contributed by atoms with van der Waals surface area (Å²) in [6.07, 6.45) is 1.97. The van der Waals surface area contributed by atoms with E-state index in [1.165, 1.54) is 28.7 Å². The Morgan fingerprint density at radius 2 is 1.94 bits per heavy atom. The predicted molar refractivity (Wildman–Crippen MR) is 127 cm³/mol. The molecule has 6 nitrogen and oxygen atoms in total. The predicted octanol–water partition coefficient (Wildman–Crippen LogP) is 3.49. The molecule has 0 aliphatic carbocycles. The minimum absolute atomic E-state index is 0.0435. The molecule has 31 heavy (non-hydrogen) atoms. The molecule has 0 saturated carbocycles. The highest BCUT2D eigenvalue weighted by Gasteiger charge is 2.22. The molecule has 0 fully saturated rings. The molecular weight excluding hydrogens is 430 g/mol. The highest BCUT2D eigenvalue weighted by atomic mass is 32.2. The van der Waals surface area contributed by atoms with Gasteiger partial charge in [0.05, 0.1) is 28.3 Å². The van der Waals surface area contributed by atoms with Crippen LogP contribution in [0.25, 0.3) is 10.2 Å². The zero-order valence-electron chi connectivity index (χ0n) is 17.5. The number of benzene rings is 2. The number of hydrogen-bond acceptors (Lipinski definition) is 5. The van der Waals surface area contributed by atoms with Crippen LogP contribution >= 0.6 is 23.1 Å². The van der Waals surface area contributed by atoms with E-state index in [-0.39, 0.29) is 23.3 Å². The van der Waals surface area contributed by atoms with Gasteiger partial charge in [0.2, 0.25) is 5.91 Å². The molecule has 3 aromatic rings. The molecule has 0 unspecified atom stereocenters. The monoisotopic (exact) mass is 455 g/mol. The lowest BCUT2D eigenvalue weighted by Crippen LogP contribution is -2.36. The second-order valence-corrected chi connectivity index (χ2v) is 9.27. The second kappa shape index (κ2) is 10.3. The van der Waals surface area contributed by atoms with E-state index in [1.807, 2.05) is 51.9 Å². The zero-order valence-corrected chi connectivity index (χ0v) is 19.1. The van der Waals surface area contributed by atoms with Crippen LogP contribution in [-0.2, 0) is 27.3 Å². The third kappa shape index (κ3) is 5.08. The minimum atomic E-state index is -0.227. The van der Waals surface area contributed by atoms with Crippen LogP contribution in [0.2, 0.25) is 0 Å². The molecule has 0 bridgehead atoms. The highest BCUT2D eigenvalue weighted by molar-refractivity contribution is 8.00. The molecule has 2 aromatic carbocycles. The summed E-state index contributed by atoms with van der Waals surface area (Å²) in [5.41, 5.74) is 3.26. The summed E-state index contributed by atoms with van der Waals surface area (Å²) >= 11 is 2.82. The average molecular weight is 456 g/mol. The van der Waals surface area contributed by atoms with E-state index in [0.29, 0.717) is 18.0 Å². The van der Waals surface area contributed by atoms with Crippen molar-refractivity contribution in [3.05, 3.63) is 58.9 Å². The van der Waals surface area contributed by atoms with Crippen molar-refractivity contribution in [2.45, 2.75) is 19.4 Å². The first kappa shape index (κ1) is 21.8. The van der Waals surface area contributed by atoms with Crippen LogP contribution in [0.15, 0.2) is 53.5 Å². The van der Waals surface area contributed by atoms with Gasteiger partial charge in [-0.3, -0.25) is 9.59 Å². The maximum atomic E-state index is 12.7. The Morgan fingerprint density at radius 1 is 1.13 bits per heavy atom. The molecule has 1 aliphatic heterocycles. The van der Waals surface area contributed by atoms with Crippen LogP contribution < -0.4 is 9.70 Å². The van der Waals surface area contributed by atoms with Crippen molar-refractivity contribution in [3.8, 4) is 0 Å². The molecule has 0 spiro atoms. The summed E-state index contributed by atoms with van der Waals surface area (Å²) < 4.78 is 8.30. The molecule has 2 amide bonds. The highest BCUT2D eigenvalue weighted by Crippen LogP contribution is 2.27. The van der Waals surface area contributed by atoms with Crippen molar-refractivity contribution in [1.29, 1.82) is 0 Å². The normalized spacial score (nSPS) is 14.1. The Kier molecular flexibility index (Phi) is 7.21. The van der Waals surface area contributed by atoms with E-state index >= 15 is 0 Å². The van der Waals surface area contributed by atoms with E-state index in [1.54, 1.807) is 7.11 Å². The summed E-state index contributed by atoms with van der Waals surface area (Å²) in [6, 6.07) is 16.0. The van der Waals surface area contributed by atoms with Crippen LogP contribution in [0, 0.1) is 0 Å². The molecular formula is C23H25N3O3S2. The number of para-hydroxylation sites is 2. The maximum absolute atomic E-state index is 12.7. The third-order valence-corrected chi connectivity index (χ3v) is 7.15. The lowest BCUT2D eigenvalue weighted by atomic mass is 10.0. The Hall–Kier alpha value is -2.42. The van der Waals surface area contributed by atoms with Gasteiger partial charge in [-0.1, -0.05) is 41.7 Å². The first-order valence-corrected chi connectivity index (χ1v) is 12.3. The number of thiazole rings is 1. The molecule has 0 N–H and O–H groups in total. The van der Waals surface area contributed by atoms with Crippen LogP contribution in [0.3, 0.4) is 0 Å². The molecule has 162 valence electrons. The van der Waals surface area contributed by atoms with Gasteiger partial charge >= 0.3 is 0 Å².